The minimum Gasteiger partial charge on any atom is -0.370 e. The van der Waals surface area contributed by atoms with E-state index in [1.165, 1.54) is 6.42 Å². The average molecular weight is 362 g/mol. The highest BCUT2D eigenvalue weighted by molar-refractivity contribution is 5.95. The Hall–Kier alpha value is -2.61. The third-order valence-electron chi connectivity index (χ3n) is 5.94. The van der Waals surface area contributed by atoms with E-state index in [2.05, 4.69) is 39.9 Å². The summed E-state index contributed by atoms with van der Waals surface area (Å²) in [5, 5.41) is 10.6. The molecular formula is C22H26N4O. The zero-order valence-corrected chi connectivity index (χ0v) is 15.9. The number of carbonyl (C=O) groups is 1. The Labute approximate surface area is 160 Å². The van der Waals surface area contributed by atoms with E-state index in [1.807, 2.05) is 6.07 Å². The molecule has 2 aromatic rings. The van der Waals surface area contributed by atoms with Crippen LogP contribution in [-0.4, -0.2) is 42.0 Å². The Morgan fingerprint density at radius 3 is 2.59 bits per heavy atom. The highest BCUT2D eigenvalue weighted by Gasteiger charge is 2.30. The molecule has 4 rings (SSSR count). The molecule has 2 saturated heterocycles. The molecule has 3 heterocycles. The normalized spacial score (nSPS) is 18.5. The molecule has 0 radical (unpaired) electrons. The Balaban J connectivity index is 1.55. The van der Waals surface area contributed by atoms with Gasteiger partial charge in [-0.25, -0.2) is 0 Å². The largest absolute Gasteiger partial charge is 0.370 e. The Kier molecular flexibility index (Phi) is 4.98. The number of fused-ring (bicyclic) bond motifs is 1. The number of amides is 1. The fourth-order valence-corrected chi connectivity index (χ4v) is 4.44. The van der Waals surface area contributed by atoms with E-state index in [9.17, 15) is 10.1 Å². The summed E-state index contributed by atoms with van der Waals surface area (Å²) in [5.74, 6) is 0.463. The molecule has 2 aliphatic rings. The van der Waals surface area contributed by atoms with Crippen LogP contribution in [0.1, 0.15) is 43.2 Å². The van der Waals surface area contributed by atoms with E-state index >= 15 is 0 Å². The third kappa shape index (κ3) is 3.49. The molecule has 2 aliphatic heterocycles. The molecule has 1 aromatic heterocycles. The number of aryl methyl sites for hydroxylation is 1. The number of piperidine rings is 2. The van der Waals surface area contributed by atoms with E-state index in [4.69, 9.17) is 0 Å². The van der Waals surface area contributed by atoms with Crippen LogP contribution in [0, 0.1) is 24.2 Å². The van der Waals surface area contributed by atoms with Gasteiger partial charge in [0.1, 0.15) is 6.07 Å². The second-order valence-corrected chi connectivity index (χ2v) is 7.80. The van der Waals surface area contributed by atoms with Gasteiger partial charge in [0.05, 0.1) is 16.8 Å². The fraction of sp³-hybridized carbons (Fsp3) is 0.500. The minimum atomic E-state index is 0.125. The first kappa shape index (κ1) is 17.8. The van der Waals surface area contributed by atoms with Crippen LogP contribution in [0.3, 0.4) is 0 Å². The summed E-state index contributed by atoms with van der Waals surface area (Å²) in [4.78, 5) is 21.6. The average Bonchev–Trinajstić information content (AvgIpc) is 2.73. The van der Waals surface area contributed by atoms with Crippen molar-refractivity contribution in [1.29, 1.82) is 5.26 Å². The van der Waals surface area contributed by atoms with Crippen molar-refractivity contribution in [3.05, 3.63) is 35.5 Å². The van der Waals surface area contributed by atoms with Crippen molar-refractivity contribution in [1.82, 2.24) is 9.88 Å². The van der Waals surface area contributed by atoms with Gasteiger partial charge >= 0.3 is 0 Å². The van der Waals surface area contributed by atoms with Gasteiger partial charge in [0.15, 0.2) is 0 Å². The molecule has 0 atom stereocenters. The number of carbonyl (C=O) groups excluding carboxylic acids is 1. The fourth-order valence-electron chi connectivity index (χ4n) is 4.44. The van der Waals surface area contributed by atoms with Crippen molar-refractivity contribution in [3.8, 4) is 6.07 Å². The van der Waals surface area contributed by atoms with Crippen LogP contribution in [-0.2, 0) is 4.79 Å². The van der Waals surface area contributed by atoms with Crippen molar-refractivity contribution in [2.24, 2.45) is 5.92 Å². The quantitative estimate of drug-likeness (QED) is 0.818. The summed E-state index contributed by atoms with van der Waals surface area (Å²) in [7, 11) is 0. The number of anilines is 1. The maximum atomic E-state index is 12.8. The van der Waals surface area contributed by atoms with Gasteiger partial charge < -0.3 is 9.80 Å². The Bertz CT molecular complexity index is 887. The van der Waals surface area contributed by atoms with Crippen LogP contribution >= 0.6 is 0 Å². The molecule has 5 heteroatoms. The smallest absolute Gasteiger partial charge is 0.225 e. The van der Waals surface area contributed by atoms with Crippen LogP contribution in [0.15, 0.2) is 24.4 Å². The maximum Gasteiger partial charge on any atom is 0.225 e. The molecule has 0 spiro atoms. The molecular weight excluding hydrogens is 336 g/mol. The van der Waals surface area contributed by atoms with E-state index in [0.29, 0.717) is 11.5 Å². The second-order valence-electron chi connectivity index (χ2n) is 7.80. The molecule has 5 nitrogen and oxygen atoms in total. The molecule has 1 aromatic carbocycles. The maximum absolute atomic E-state index is 12.8. The summed E-state index contributed by atoms with van der Waals surface area (Å²) in [5.41, 5.74) is 3.68. The summed E-state index contributed by atoms with van der Waals surface area (Å²) < 4.78 is 0. The molecule has 140 valence electrons. The number of aromatic nitrogens is 1. The monoisotopic (exact) mass is 362 g/mol. The number of pyridine rings is 1. The van der Waals surface area contributed by atoms with Gasteiger partial charge in [-0.15, -0.1) is 0 Å². The molecule has 0 aliphatic carbocycles. The molecule has 0 saturated carbocycles. The van der Waals surface area contributed by atoms with Crippen LogP contribution in [0.4, 0.5) is 5.69 Å². The van der Waals surface area contributed by atoms with E-state index < -0.39 is 0 Å². The van der Waals surface area contributed by atoms with E-state index in [0.717, 1.165) is 74.0 Å². The second kappa shape index (κ2) is 7.56. The van der Waals surface area contributed by atoms with Crippen LogP contribution < -0.4 is 4.90 Å². The highest BCUT2D eigenvalue weighted by Crippen LogP contribution is 2.33. The number of benzene rings is 1. The number of nitrogens with zero attached hydrogens (tertiary/aromatic N) is 4. The van der Waals surface area contributed by atoms with Crippen molar-refractivity contribution >= 4 is 22.5 Å². The topological polar surface area (TPSA) is 60.2 Å². The summed E-state index contributed by atoms with van der Waals surface area (Å²) >= 11 is 0. The summed E-state index contributed by atoms with van der Waals surface area (Å²) in [6.45, 7) is 5.53. The Morgan fingerprint density at radius 2 is 1.89 bits per heavy atom. The Morgan fingerprint density at radius 1 is 1.15 bits per heavy atom. The molecule has 0 bridgehead atoms. The molecule has 27 heavy (non-hydrogen) atoms. The summed E-state index contributed by atoms with van der Waals surface area (Å²) in [6.07, 6.45) is 6.91. The first-order chi connectivity index (χ1) is 13.2. The minimum absolute atomic E-state index is 0.125. The van der Waals surface area contributed by atoms with Crippen LogP contribution in [0.2, 0.25) is 0 Å². The van der Waals surface area contributed by atoms with Gasteiger partial charge in [-0.1, -0.05) is 11.6 Å². The predicted octanol–water partition coefficient (Wildman–Crippen LogP) is 3.64. The third-order valence-corrected chi connectivity index (χ3v) is 5.94. The molecule has 0 N–H and O–H groups in total. The SMILES string of the molecule is Cc1ccc2ncc(C#N)c(N3CCC(C(=O)N4CCCCC4)CC3)c2c1. The lowest BCUT2D eigenvalue weighted by Gasteiger charge is -2.37. The van der Waals surface area contributed by atoms with E-state index in [1.54, 1.807) is 6.20 Å². The van der Waals surface area contributed by atoms with Gasteiger partial charge in [0, 0.05) is 43.7 Å². The first-order valence-corrected chi connectivity index (χ1v) is 10.0. The van der Waals surface area contributed by atoms with Crippen LogP contribution in [0.5, 0.6) is 0 Å². The lowest BCUT2D eigenvalue weighted by atomic mass is 9.93. The molecule has 1 amide bonds. The zero-order chi connectivity index (χ0) is 18.8. The molecule has 2 fully saturated rings. The lowest BCUT2D eigenvalue weighted by Crippen LogP contribution is -2.44. The lowest BCUT2D eigenvalue weighted by molar-refractivity contribution is -0.137. The predicted molar refractivity (Wildman–Crippen MR) is 107 cm³/mol. The standard InChI is InChI=1S/C22H26N4O/c1-16-5-6-20-19(13-16)21(18(14-23)15-24-20)25-11-7-17(8-12-25)22(27)26-9-3-2-4-10-26/h5-6,13,15,17H,2-4,7-12H2,1H3. The zero-order valence-electron chi connectivity index (χ0n) is 15.9. The number of hydrogen-bond acceptors (Lipinski definition) is 4. The van der Waals surface area contributed by atoms with E-state index in [-0.39, 0.29) is 5.92 Å². The van der Waals surface area contributed by atoms with Gasteiger partial charge in [-0.3, -0.25) is 9.78 Å². The number of likely N-dealkylation sites (tertiary alicyclic amines) is 1. The highest BCUT2D eigenvalue weighted by atomic mass is 16.2. The first-order valence-electron chi connectivity index (χ1n) is 10.0. The van der Waals surface area contributed by atoms with Crippen molar-refractivity contribution in [2.45, 2.75) is 39.0 Å². The van der Waals surface area contributed by atoms with Gasteiger partial charge in [-0.2, -0.15) is 5.26 Å². The number of rotatable bonds is 2. The van der Waals surface area contributed by atoms with Gasteiger partial charge in [0.2, 0.25) is 5.91 Å². The molecule has 0 unspecified atom stereocenters. The van der Waals surface area contributed by atoms with Crippen molar-refractivity contribution < 1.29 is 4.79 Å². The number of nitriles is 1. The van der Waals surface area contributed by atoms with Gasteiger partial charge in [-0.05, 0) is 51.2 Å². The summed E-state index contributed by atoms with van der Waals surface area (Å²) in [6, 6.07) is 8.49. The van der Waals surface area contributed by atoms with Gasteiger partial charge in [0.25, 0.3) is 0 Å². The van der Waals surface area contributed by atoms with Crippen molar-refractivity contribution in [2.75, 3.05) is 31.1 Å². The number of hydrogen-bond donors (Lipinski definition) is 0. The van der Waals surface area contributed by atoms with Crippen LogP contribution in [0.25, 0.3) is 10.9 Å². The van der Waals surface area contributed by atoms with Crippen molar-refractivity contribution in [3.63, 3.8) is 0 Å².